The lowest BCUT2D eigenvalue weighted by molar-refractivity contribution is 0.0698. The normalized spacial score (nSPS) is 11.9. The third-order valence-corrected chi connectivity index (χ3v) is 3.21. The Balaban J connectivity index is 2.32. The molecule has 20 heavy (non-hydrogen) atoms. The maximum absolute atomic E-state index is 13.2. The molecule has 1 atom stereocenters. The number of aromatic carboxylic acids is 1. The fraction of sp³-hybridized carbons (Fsp3) is 0.188. The minimum atomic E-state index is -0.984. The van der Waals surface area contributed by atoms with E-state index >= 15 is 0 Å². The van der Waals surface area contributed by atoms with Gasteiger partial charge in [0.15, 0.2) is 0 Å². The Morgan fingerprint density at radius 3 is 2.60 bits per heavy atom. The number of para-hydroxylation sites is 1. The Morgan fingerprint density at radius 2 is 1.95 bits per heavy atom. The van der Waals surface area contributed by atoms with Crippen molar-refractivity contribution in [2.75, 3.05) is 5.32 Å². The van der Waals surface area contributed by atoms with Crippen molar-refractivity contribution < 1.29 is 14.3 Å². The highest BCUT2D eigenvalue weighted by atomic mass is 19.1. The molecule has 1 unspecified atom stereocenters. The van der Waals surface area contributed by atoms with E-state index in [-0.39, 0.29) is 17.4 Å². The van der Waals surface area contributed by atoms with Crippen LogP contribution in [0.1, 0.15) is 34.5 Å². The second-order valence-electron chi connectivity index (χ2n) is 4.72. The third kappa shape index (κ3) is 2.96. The van der Waals surface area contributed by atoms with Gasteiger partial charge >= 0.3 is 5.97 Å². The van der Waals surface area contributed by atoms with Crippen LogP contribution in [0.3, 0.4) is 0 Å². The van der Waals surface area contributed by atoms with Gasteiger partial charge in [-0.2, -0.15) is 0 Å². The van der Waals surface area contributed by atoms with Crippen LogP contribution in [0.15, 0.2) is 42.5 Å². The lowest BCUT2D eigenvalue weighted by atomic mass is 10.0. The Morgan fingerprint density at radius 1 is 1.25 bits per heavy atom. The lowest BCUT2D eigenvalue weighted by Crippen LogP contribution is -2.12. The van der Waals surface area contributed by atoms with E-state index in [1.165, 1.54) is 12.1 Å². The zero-order chi connectivity index (χ0) is 14.7. The molecule has 2 N–H and O–H groups in total. The lowest BCUT2D eigenvalue weighted by Gasteiger charge is -2.19. The summed E-state index contributed by atoms with van der Waals surface area (Å²) in [5.74, 6) is -1.29. The van der Waals surface area contributed by atoms with Gasteiger partial charge < -0.3 is 10.4 Å². The van der Waals surface area contributed by atoms with Crippen molar-refractivity contribution in [1.29, 1.82) is 0 Å². The van der Waals surface area contributed by atoms with E-state index in [4.69, 9.17) is 0 Å². The number of hydrogen-bond acceptors (Lipinski definition) is 2. The number of nitrogens with one attached hydrogen (secondary N) is 1. The van der Waals surface area contributed by atoms with Crippen LogP contribution in [0.25, 0.3) is 0 Å². The van der Waals surface area contributed by atoms with Crippen LogP contribution in [-0.4, -0.2) is 11.1 Å². The summed E-state index contributed by atoms with van der Waals surface area (Å²) in [6.45, 7) is 3.71. The molecule has 2 aromatic rings. The second-order valence-corrected chi connectivity index (χ2v) is 4.72. The standard InChI is InChI=1S/C16H16FNO2/c1-10-5-3-8-14(16(19)20)15(10)18-11(2)12-6-4-7-13(17)9-12/h3-9,11,18H,1-2H3,(H,19,20). The highest BCUT2D eigenvalue weighted by molar-refractivity contribution is 5.95. The minimum absolute atomic E-state index is 0.190. The van der Waals surface area contributed by atoms with Crippen molar-refractivity contribution in [2.24, 2.45) is 0 Å². The summed E-state index contributed by atoms with van der Waals surface area (Å²) in [5.41, 5.74) is 2.39. The van der Waals surface area contributed by atoms with Crippen LogP contribution >= 0.6 is 0 Å². The van der Waals surface area contributed by atoms with Crippen molar-refractivity contribution in [1.82, 2.24) is 0 Å². The van der Waals surface area contributed by atoms with Crippen molar-refractivity contribution in [3.8, 4) is 0 Å². The van der Waals surface area contributed by atoms with Gasteiger partial charge in [-0.25, -0.2) is 9.18 Å². The Bertz CT molecular complexity index is 640. The molecule has 3 nitrogen and oxygen atoms in total. The average molecular weight is 273 g/mol. The molecule has 0 saturated heterocycles. The van der Waals surface area contributed by atoms with E-state index in [2.05, 4.69) is 5.32 Å². The topological polar surface area (TPSA) is 49.3 Å². The van der Waals surface area contributed by atoms with Gasteiger partial charge in [0.25, 0.3) is 0 Å². The number of halogens is 1. The first-order valence-electron chi connectivity index (χ1n) is 6.34. The molecule has 0 aliphatic carbocycles. The van der Waals surface area contributed by atoms with Crippen molar-refractivity contribution in [3.63, 3.8) is 0 Å². The number of rotatable bonds is 4. The average Bonchev–Trinajstić information content (AvgIpc) is 2.40. The number of aryl methyl sites for hydroxylation is 1. The highest BCUT2D eigenvalue weighted by Crippen LogP contribution is 2.26. The molecule has 2 aromatic carbocycles. The van der Waals surface area contributed by atoms with E-state index in [1.807, 2.05) is 19.9 Å². The van der Waals surface area contributed by atoms with Gasteiger partial charge in [-0.15, -0.1) is 0 Å². The van der Waals surface area contributed by atoms with Gasteiger partial charge in [0.05, 0.1) is 11.3 Å². The monoisotopic (exact) mass is 273 g/mol. The third-order valence-electron chi connectivity index (χ3n) is 3.21. The Kier molecular flexibility index (Phi) is 4.03. The summed E-state index contributed by atoms with van der Waals surface area (Å²) < 4.78 is 13.2. The van der Waals surface area contributed by atoms with Crippen LogP contribution in [0.5, 0.6) is 0 Å². The molecule has 0 bridgehead atoms. The second kappa shape index (κ2) is 5.74. The molecule has 0 heterocycles. The number of carbonyl (C=O) groups is 1. The highest BCUT2D eigenvalue weighted by Gasteiger charge is 2.15. The molecule has 0 aromatic heterocycles. The molecule has 4 heteroatoms. The van der Waals surface area contributed by atoms with E-state index in [9.17, 15) is 14.3 Å². The maximum Gasteiger partial charge on any atom is 0.337 e. The van der Waals surface area contributed by atoms with Crippen LogP contribution in [0, 0.1) is 12.7 Å². The molecule has 0 fully saturated rings. The van der Waals surface area contributed by atoms with Gasteiger partial charge in [-0.3, -0.25) is 0 Å². The maximum atomic E-state index is 13.2. The Labute approximate surface area is 117 Å². The predicted octanol–water partition coefficient (Wildman–Crippen LogP) is 4.01. The fourth-order valence-electron chi connectivity index (χ4n) is 2.11. The molecule has 0 aliphatic rings. The molecule has 0 radical (unpaired) electrons. The van der Waals surface area contributed by atoms with Crippen molar-refractivity contribution in [3.05, 3.63) is 65.0 Å². The number of benzene rings is 2. The molecule has 0 aliphatic heterocycles. The number of anilines is 1. The smallest absolute Gasteiger partial charge is 0.337 e. The van der Waals surface area contributed by atoms with Gasteiger partial charge in [0.1, 0.15) is 5.82 Å². The Hall–Kier alpha value is -2.36. The van der Waals surface area contributed by atoms with E-state index in [1.54, 1.807) is 24.3 Å². The van der Waals surface area contributed by atoms with Crippen molar-refractivity contribution >= 4 is 11.7 Å². The zero-order valence-corrected chi connectivity index (χ0v) is 11.4. The largest absolute Gasteiger partial charge is 0.478 e. The van der Waals surface area contributed by atoms with Crippen molar-refractivity contribution in [2.45, 2.75) is 19.9 Å². The molecule has 2 rings (SSSR count). The number of hydrogen-bond donors (Lipinski definition) is 2. The van der Waals surface area contributed by atoms with Gasteiger partial charge in [0.2, 0.25) is 0 Å². The molecular weight excluding hydrogens is 257 g/mol. The summed E-state index contributed by atoms with van der Waals surface area (Å²) in [5, 5.41) is 12.4. The first kappa shape index (κ1) is 14.1. The predicted molar refractivity (Wildman–Crippen MR) is 76.6 cm³/mol. The van der Waals surface area contributed by atoms with Crippen LogP contribution < -0.4 is 5.32 Å². The van der Waals surface area contributed by atoms with Crippen LogP contribution in [-0.2, 0) is 0 Å². The van der Waals surface area contributed by atoms with E-state index in [0.29, 0.717) is 5.69 Å². The van der Waals surface area contributed by atoms with E-state index < -0.39 is 5.97 Å². The fourth-order valence-corrected chi connectivity index (χ4v) is 2.11. The zero-order valence-electron chi connectivity index (χ0n) is 11.4. The summed E-state index contributed by atoms with van der Waals surface area (Å²) >= 11 is 0. The molecule has 0 amide bonds. The summed E-state index contributed by atoms with van der Waals surface area (Å²) in [7, 11) is 0. The van der Waals surface area contributed by atoms with E-state index in [0.717, 1.165) is 11.1 Å². The first-order valence-corrected chi connectivity index (χ1v) is 6.34. The van der Waals surface area contributed by atoms with Gasteiger partial charge in [-0.05, 0) is 43.2 Å². The summed E-state index contributed by atoms with van der Waals surface area (Å²) in [4.78, 5) is 11.2. The SMILES string of the molecule is Cc1cccc(C(=O)O)c1NC(C)c1cccc(F)c1. The summed E-state index contributed by atoms with van der Waals surface area (Å²) in [6.07, 6.45) is 0. The van der Waals surface area contributed by atoms with Crippen LogP contribution in [0.4, 0.5) is 10.1 Å². The van der Waals surface area contributed by atoms with Gasteiger partial charge in [-0.1, -0.05) is 24.3 Å². The molecule has 104 valence electrons. The van der Waals surface area contributed by atoms with Crippen LogP contribution in [0.2, 0.25) is 0 Å². The molecule has 0 spiro atoms. The minimum Gasteiger partial charge on any atom is -0.478 e. The quantitative estimate of drug-likeness (QED) is 0.885. The number of carboxylic acid groups (broad SMARTS) is 1. The number of carboxylic acids is 1. The summed E-state index contributed by atoms with van der Waals surface area (Å²) in [6, 6.07) is 11.2. The molecular formula is C16H16FNO2. The van der Waals surface area contributed by atoms with Gasteiger partial charge in [0, 0.05) is 6.04 Å². The molecule has 0 saturated carbocycles. The first-order chi connectivity index (χ1) is 9.49.